The van der Waals surface area contributed by atoms with E-state index in [2.05, 4.69) is 25.2 Å². The lowest BCUT2D eigenvalue weighted by Crippen LogP contribution is -2.18. The molecule has 0 bridgehead atoms. The first-order valence-electron chi connectivity index (χ1n) is 7.18. The highest BCUT2D eigenvalue weighted by Crippen LogP contribution is 2.39. The van der Waals surface area contributed by atoms with Crippen molar-refractivity contribution in [3.8, 4) is 30.0 Å². The van der Waals surface area contributed by atoms with Gasteiger partial charge in [0.2, 0.25) is 5.82 Å². The van der Waals surface area contributed by atoms with Crippen LogP contribution in [-0.2, 0) is 0 Å². The van der Waals surface area contributed by atoms with Gasteiger partial charge in [0.25, 0.3) is 0 Å². The Hall–Kier alpha value is -4.28. The summed E-state index contributed by atoms with van der Waals surface area (Å²) in [4.78, 5) is 0. The van der Waals surface area contributed by atoms with Crippen LogP contribution in [0.5, 0.6) is 5.75 Å². The summed E-state index contributed by atoms with van der Waals surface area (Å²) in [7, 11) is 0. The van der Waals surface area contributed by atoms with Crippen molar-refractivity contribution in [1.82, 2.24) is 10.3 Å². The van der Waals surface area contributed by atoms with Crippen molar-refractivity contribution in [2.24, 2.45) is 22.1 Å². The second kappa shape index (κ2) is 8.01. The molecule has 0 saturated carbocycles. The molecule has 2 aromatic rings. The van der Waals surface area contributed by atoms with Crippen LogP contribution in [0.15, 0.2) is 33.1 Å². The van der Waals surface area contributed by atoms with Crippen molar-refractivity contribution in [2.45, 2.75) is 12.8 Å². The Labute approximate surface area is 147 Å². The van der Waals surface area contributed by atoms with Crippen LogP contribution in [0.25, 0.3) is 0 Å². The lowest BCUT2D eigenvalue weighted by molar-refractivity contribution is 0.305. The number of phenolic OH excluding ortho intramolecular Hbond substituents is 1. The molecule has 0 fully saturated rings. The number of nitriles is 4. The van der Waals surface area contributed by atoms with Crippen LogP contribution in [0.1, 0.15) is 17.2 Å². The van der Waals surface area contributed by atoms with Crippen LogP contribution in [0.3, 0.4) is 0 Å². The standard InChI is InChI=1S/C16H10N8O2/c1-9-16(24-26-23-9)22-21-12-2-3-14(25)13(4-12)15(10(5-17)6-18)11(7-19)8-20/h2-4,10-11,15,25H,1H3. The molecule has 126 valence electrons. The average molecular weight is 346 g/mol. The number of azo groups is 1. The Morgan fingerprint density at radius 1 is 1.00 bits per heavy atom. The largest absolute Gasteiger partial charge is 0.508 e. The van der Waals surface area contributed by atoms with Crippen LogP contribution in [0.2, 0.25) is 0 Å². The highest BCUT2D eigenvalue weighted by atomic mass is 16.6. The molecule has 2 rings (SSSR count). The third-order valence-electron chi connectivity index (χ3n) is 3.53. The third kappa shape index (κ3) is 3.62. The third-order valence-corrected chi connectivity index (χ3v) is 3.53. The van der Waals surface area contributed by atoms with Gasteiger partial charge >= 0.3 is 0 Å². The Morgan fingerprint density at radius 3 is 2.12 bits per heavy atom. The molecule has 10 nitrogen and oxygen atoms in total. The molecule has 0 atom stereocenters. The van der Waals surface area contributed by atoms with Crippen molar-refractivity contribution < 1.29 is 9.74 Å². The molecule has 1 N–H and O–H groups in total. The van der Waals surface area contributed by atoms with Gasteiger partial charge in [-0.2, -0.15) is 21.0 Å². The first-order valence-corrected chi connectivity index (χ1v) is 7.18. The quantitative estimate of drug-likeness (QED) is 0.802. The zero-order valence-electron chi connectivity index (χ0n) is 13.4. The van der Waals surface area contributed by atoms with Gasteiger partial charge in [-0.05, 0) is 30.3 Å². The molecule has 0 aliphatic carbocycles. The number of benzene rings is 1. The summed E-state index contributed by atoms with van der Waals surface area (Å²) >= 11 is 0. The molecule has 0 saturated heterocycles. The molecule has 10 heteroatoms. The van der Waals surface area contributed by atoms with Gasteiger partial charge in [0, 0.05) is 11.5 Å². The maximum atomic E-state index is 10.1. The van der Waals surface area contributed by atoms with Gasteiger partial charge in [0.15, 0.2) is 0 Å². The number of phenols is 1. The van der Waals surface area contributed by atoms with Crippen molar-refractivity contribution in [3.05, 3.63) is 29.5 Å². The summed E-state index contributed by atoms with van der Waals surface area (Å²) in [5.74, 6) is -3.85. The van der Waals surface area contributed by atoms with Gasteiger partial charge in [-0.1, -0.05) is 5.16 Å². The van der Waals surface area contributed by atoms with Gasteiger partial charge in [-0.15, -0.1) is 10.2 Å². The Kier molecular flexibility index (Phi) is 5.56. The van der Waals surface area contributed by atoms with Crippen LogP contribution in [0.4, 0.5) is 11.5 Å². The molecule has 0 spiro atoms. The lowest BCUT2D eigenvalue weighted by Gasteiger charge is -2.19. The first kappa shape index (κ1) is 18.1. The number of aryl methyl sites for hydroxylation is 1. The highest BCUT2D eigenvalue weighted by Gasteiger charge is 2.34. The molecule has 1 aromatic heterocycles. The van der Waals surface area contributed by atoms with E-state index in [0.717, 1.165) is 0 Å². The molecule has 0 aliphatic rings. The van der Waals surface area contributed by atoms with E-state index in [1.54, 1.807) is 31.2 Å². The number of rotatable bonds is 5. The van der Waals surface area contributed by atoms with E-state index < -0.39 is 17.8 Å². The number of hydrogen-bond acceptors (Lipinski definition) is 10. The summed E-state index contributed by atoms with van der Waals surface area (Å²) in [6.45, 7) is 1.62. The minimum absolute atomic E-state index is 0.0812. The smallest absolute Gasteiger partial charge is 0.240 e. The van der Waals surface area contributed by atoms with Gasteiger partial charge < -0.3 is 5.11 Å². The molecular formula is C16H10N8O2. The molecule has 0 radical (unpaired) electrons. The minimum atomic E-state index is -1.31. The van der Waals surface area contributed by atoms with Gasteiger partial charge in [0.1, 0.15) is 23.3 Å². The van der Waals surface area contributed by atoms with Crippen molar-refractivity contribution in [2.75, 3.05) is 0 Å². The van der Waals surface area contributed by atoms with E-state index in [1.807, 2.05) is 0 Å². The summed E-state index contributed by atoms with van der Waals surface area (Å²) in [5.41, 5.74) is 0.765. The van der Waals surface area contributed by atoms with Crippen LogP contribution < -0.4 is 0 Å². The molecule has 26 heavy (non-hydrogen) atoms. The van der Waals surface area contributed by atoms with Gasteiger partial charge in [-0.3, -0.25) is 0 Å². The fraction of sp³-hybridized carbons (Fsp3) is 0.250. The average Bonchev–Trinajstić information content (AvgIpc) is 3.06. The number of nitrogens with zero attached hydrogens (tertiary/aromatic N) is 8. The lowest BCUT2D eigenvalue weighted by atomic mass is 9.78. The maximum Gasteiger partial charge on any atom is 0.240 e. The topological polar surface area (TPSA) is 179 Å². The second-order valence-corrected chi connectivity index (χ2v) is 5.11. The normalized spacial score (nSPS) is 10.6. The predicted octanol–water partition coefficient (Wildman–Crippen LogP) is 2.91. The van der Waals surface area contributed by atoms with E-state index in [-0.39, 0.29) is 22.8 Å². The monoisotopic (exact) mass is 346 g/mol. The summed E-state index contributed by atoms with van der Waals surface area (Å²) < 4.78 is 4.50. The Bertz CT molecular complexity index is 939. The molecule has 0 amide bonds. The van der Waals surface area contributed by atoms with E-state index >= 15 is 0 Å². The van der Waals surface area contributed by atoms with Crippen molar-refractivity contribution >= 4 is 11.5 Å². The summed E-state index contributed by atoms with van der Waals surface area (Å²) in [6, 6.07) is 11.1. The number of aromatic nitrogens is 2. The number of aromatic hydroxyl groups is 1. The first-order chi connectivity index (χ1) is 12.5. The SMILES string of the molecule is Cc1nonc1N=Nc1ccc(O)c(C(C(C#N)C#N)C(C#N)C#N)c1. The van der Waals surface area contributed by atoms with Crippen molar-refractivity contribution in [3.63, 3.8) is 0 Å². The predicted molar refractivity (Wildman–Crippen MR) is 83.5 cm³/mol. The molecule has 0 unspecified atom stereocenters. The zero-order chi connectivity index (χ0) is 19.1. The van der Waals surface area contributed by atoms with Crippen LogP contribution >= 0.6 is 0 Å². The fourth-order valence-electron chi connectivity index (χ4n) is 2.22. The Balaban J connectivity index is 2.50. The Morgan fingerprint density at radius 2 is 1.62 bits per heavy atom. The van der Waals surface area contributed by atoms with Gasteiger partial charge in [0.05, 0.1) is 30.0 Å². The molecule has 0 aliphatic heterocycles. The highest BCUT2D eigenvalue weighted by molar-refractivity contribution is 5.50. The molecule has 1 aromatic carbocycles. The molecule has 1 heterocycles. The number of hydrogen-bond donors (Lipinski definition) is 1. The van der Waals surface area contributed by atoms with Crippen molar-refractivity contribution in [1.29, 1.82) is 21.0 Å². The second-order valence-electron chi connectivity index (χ2n) is 5.11. The maximum absolute atomic E-state index is 10.1. The van der Waals surface area contributed by atoms with Crippen LogP contribution in [-0.4, -0.2) is 15.4 Å². The summed E-state index contributed by atoms with van der Waals surface area (Å²) in [6.07, 6.45) is 0. The summed E-state index contributed by atoms with van der Waals surface area (Å²) in [5, 5.41) is 61.7. The van der Waals surface area contributed by atoms with E-state index in [4.69, 9.17) is 0 Å². The van der Waals surface area contributed by atoms with Gasteiger partial charge in [-0.25, -0.2) is 4.63 Å². The zero-order valence-corrected chi connectivity index (χ0v) is 13.4. The molecular weight excluding hydrogens is 336 g/mol. The van der Waals surface area contributed by atoms with Crippen LogP contribution in [0, 0.1) is 64.1 Å². The minimum Gasteiger partial charge on any atom is -0.508 e. The van der Waals surface area contributed by atoms with E-state index in [1.165, 1.54) is 18.2 Å². The van der Waals surface area contributed by atoms with E-state index in [9.17, 15) is 26.2 Å². The van der Waals surface area contributed by atoms with E-state index in [0.29, 0.717) is 5.69 Å². The fourth-order valence-corrected chi connectivity index (χ4v) is 2.22.